The maximum Gasteiger partial charge on any atom is 0.326 e. The molecule has 1 fully saturated rings. The molecular weight excluding hydrogens is 332 g/mol. The molecule has 0 unspecified atom stereocenters. The van der Waals surface area contributed by atoms with Crippen LogP contribution in [0.3, 0.4) is 0 Å². The number of fused-ring (bicyclic) bond motifs is 1. The number of rotatable bonds is 3. The summed E-state index contributed by atoms with van der Waals surface area (Å²) in [5.74, 6) is 0. The molecule has 0 bridgehead atoms. The van der Waals surface area contributed by atoms with E-state index in [1.165, 1.54) is 0 Å². The molecule has 1 aliphatic heterocycles. The standard InChI is InChI=1S/C18H20N6O2/c25-17(19-12-13-4-3-9-20-22-13)23-10-7-14(8-11-23)24-16-6-2-1-5-15(16)21-18(24)26/h1-6,9,14H,7-8,10-12H2,(H,19,25)(H,21,26). The number of aromatic amines is 1. The molecule has 3 heterocycles. The topological polar surface area (TPSA) is 95.9 Å². The third-order valence-electron chi connectivity index (χ3n) is 4.79. The summed E-state index contributed by atoms with van der Waals surface area (Å²) in [6, 6.07) is 11.3. The largest absolute Gasteiger partial charge is 0.332 e. The van der Waals surface area contributed by atoms with Gasteiger partial charge in [0.2, 0.25) is 0 Å². The number of carbonyl (C=O) groups is 1. The number of urea groups is 1. The van der Waals surface area contributed by atoms with Gasteiger partial charge in [0.1, 0.15) is 0 Å². The van der Waals surface area contributed by atoms with Gasteiger partial charge in [0.05, 0.1) is 23.3 Å². The summed E-state index contributed by atoms with van der Waals surface area (Å²) in [5.41, 5.74) is 2.41. The van der Waals surface area contributed by atoms with Gasteiger partial charge >= 0.3 is 11.7 Å². The minimum Gasteiger partial charge on any atom is -0.332 e. The van der Waals surface area contributed by atoms with Crippen molar-refractivity contribution < 1.29 is 4.79 Å². The lowest BCUT2D eigenvalue weighted by Gasteiger charge is -2.32. The Labute approximate surface area is 149 Å². The number of H-pyrrole nitrogens is 1. The van der Waals surface area contributed by atoms with Gasteiger partial charge in [-0.2, -0.15) is 10.2 Å². The summed E-state index contributed by atoms with van der Waals surface area (Å²) in [5, 5.41) is 10.6. The second-order valence-electron chi connectivity index (χ2n) is 6.41. The number of para-hydroxylation sites is 2. The SMILES string of the molecule is O=C(NCc1cccnn1)N1CCC(n2c(=O)[nH]c3ccccc32)CC1. The fourth-order valence-corrected chi connectivity index (χ4v) is 3.47. The minimum atomic E-state index is -0.111. The minimum absolute atomic E-state index is 0.0863. The molecule has 0 radical (unpaired) electrons. The van der Waals surface area contributed by atoms with Crippen LogP contribution in [0.15, 0.2) is 47.4 Å². The Morgan fingerprint density at radius 1 is 1.19 bits per heavy atom. The van der Waals surface area contributed by atoms with Crippen molar-refractivity contribution in [3.8, 4) is 0 Å². The van der Waals surface area contributed by atoms with Crippen molar-refractivity contribution >= 4 is 17.1 Å². The van der Waals surface area contributed by atoms with E-state index in [4.69, 9.17) is 0 Å². The van der Waals surface area contributed by atoms with Crippen molar-refractivity contribution in [2.75, 3.05) is 13.1 Å². The quantitative estimate of drug-likeness (QED) is 0.749. The lowest BCUT2D eigenvalue weighted by atomic mass is 10.0. The average Bonchev–Trinajstić information content (AvgIpc) is 3.03. The van der Waals surface area contributed by atoms with E-state index in [1.807, 2.05) is 34.9 Å². The molecular formula is C18H20N6O2. The summed E-state index contributed by atoms with van der Waals surface area (Å²) in [6.07, 6.45) is 3.10. The number of aromatic nitrogens is 4. The number of carbonyl (C=O) groups excluding carboxylic acids is 1. The van der Waals surface area contributed by atoms with E-state index in [-0.39, 0.29) is 17.8 Å². The Balaban J connectivity index is 1.38. The van der Waals surface area contributed by atoms with Crippen LogP contribution >= 0.6 is 0 Å². The molecule has 0 saturated carbocycles. The highest BCUT2D eigenvalue weighted by Gasteiger charge is 2.25. The zero-order valence-electron chi connectivity index (χ0n) is 14.3. The van der Waals surface area contributed by atoms with Crippen molar-refractivity contribution in [3.63, 3.8) is 0 Å². The highest BCUT2D eigenvalue weighted by molar-refractivity contribution is 5.75. The second-order valence-corrected chi connectivity index (χ2v) is 6.41. The summed E-state index contributed by atoms with van der Waals surface area (Å²) in [4.78, 5) is 29.3. The molecule has 2 aromatic heterocycles. The van der Waals surface area contributed by atoms with Gasteiger partial charge in [-0.15, -0.1) is 0 Å². The Morgan fingerprint density at radius 2 is 2.00 bits per heavy atom. The van der Waals surface area contributed by atoms with Crippen molar-refractivity contribution in [3.05, 3.63) is 58.8 Å². The number of nitrogens with one attached hydrogen (secondary N) is 2. The van der Waals surface area contributed by atoms with Crippen LogP contribution in [0.25, 0.3) is 11.0 Å². The molecule has 2 N–H and O–H groups in total. The molecule has 0 aliphatic carbocycles. The van der Waals surface area contributed by atoms with Crippen molar-refractivity contribution in [2.24, 2.45) is 0 Å². The molecule has 1 aromatic carbocycles. The van der Waals surface area contributed by atoms with Gasteiger partial charge < -0.3 is 15.2 Å². The highest BCUT2D eigenvalue weighted by Crippen LogP contribution is 2.24. The van der Waals surface area contributed by atoms with E-state index >= 15 is 0 Å². The molecule has 0 spiro atoms. The number of nitrogens with zero attached hydrogens (tertiary/aromatic N) is 4. The first-order valence-corrected chi connectivity index (χ1v) is 8.71. The Morgan fingerprint density at radius 3 is 2.77 bits per heavy atom. The van der Waals surface area contributed by atoms with Crippen LogP contribution in [-0.4, -0.2) is 43.8 Å². The van der Waals surface area contributed by atoms with Crippen molar-refractivity contribution in [1.82, 2.24) is 30.0 Å². The van der Waals surface area contributed by atoms with Gasteiger partial charge in [-0.25, -0.2) is 9.59 Å². The van der Waals surface area contributed by atoms with Gasteiger partial charge in [0.15, 0.2) is 0 Å². The summed E-state index contributed by atoms with van der Waals surface area (Å²) in [7, 11) is 0. The van der Waals surface area contributed by atoms with E-state index in [0.717, 1.165) is 29.6 Å². The summed E-state index contributed by atoms with van der Waals surface area (Å²) < 4.78 is 1.82. The number of amides is 2. The number of hydrogen-bond acceptors (Lipinski definition) is 4. The normalized spacial score (nSPS) is 15.3. The van der Waals surface area contributed by atoms with Gasteiger partial charge in [-0.3, -0.25) is 4.57 Å². The first-order chi connectivity index (χ1) is 12.7. The first-order valence-electron chi connectivity index (χ1n) is 8.71. The molecule has 0 atom stereocenters. The Kier molecular flexibility index (Phi) is 4.39. The van der Waals surface area contributed by atoms with Crippen LogP contribution in [0, 0.1) is 0 Å². The monoisotopic (exact) mass is 352 g/mol. The number of benzene rings is 1. The summed E-state index contributed by atoms with van der Waals surface area (Å²) >= 11 is 0. The van der Waals surface area contributed by atoms with Crippen LogP contribution in [0.2, 0.25) is 0 Å². The zero-order chi connectivity index (χ0) is 17.9. The van der Waals surface area contributed by atoms with E-state index in [2.05, 4.69) is 20.5 Å². The lowest BCUT2D eigenvalue weighted by molar-refractivity contribution is 0.171. The highest BCUT2D eigenvalue weighted by atomic mass is 16.2. The smallest absolute Gasteiger partial charge is 0.326 e. The number of imidazole rings is 1. The lowest BCUT2D eigenvalue weighted by Crippen LogP contribution is -2.45. The molecule has 26 heavy (non-hydrogen) atoms. The fraction of sp³-hybridized carbons (Fsp3) is 0.333. The third-order valence-corrected chi connectivity index (χ3v) is 4.79. The van der Waals surface area contributed by atoms with Crippen LogP contribution in [0.5, 0.6) is 0 Å². The molecule has 1 aliphatic rings. The van der Waals surface area contributed by atoms with Gasteiger partial charge in [0.25, 0.3) is 0 Å². The molecule has 134 valence electrons. The van der Waals surface area contributed by atoms with Gasteiger partial charge in [-0.05, 0) is 37.1 Å². The molecule has 3 aromatic rings. The fourth-order valence-electron chi connectivity index (χ4n) is 3.47. The predicted octanol–water partition coefficient (Wildman–Crippen LogP) is 1.67. The molecule has 8 nitrogen and oxygen atoms in total. The van der Waals surface area contributed by atoms with Gasteiger partial charge in [-0.1, -0.05) is 12.1 Å². The third kappa shape index (κ3) is 3.17. The number of piperidine rings is 1. The van der Waals surface area contributed by atoms with E-state index in [1.54, 1.807) is 17.2 Å². The van der Waals surface area contributed by atoms with Crippen LogP contribution in [-0.2, 0) is 6.54 Å². The zero-order valence-corrected chi connectivity index (χ0v) is 14.3. The molecule has 4 rings (SSSR count). The van der Waals surface area contributed by atoms with Crippen molar-refractivity contribution in [1.29, 1.82) is 0 Å². The molecule has 8 heteroatoms. The maximum absolute atomic E-state index is 12.3. The predicted molar refractivity (Wildman–Crippen MR) is 96.7 cm³/mol. The van der Waals surface area contributed by atoms with Crippen LogP contribution < -0.4 is 11.0 Å². The maximum atomic E-state index is 12.3. The van der Waals surface area contributed by atoms with E-state index in [0.29, 0.717) is 19.6 Å². The first kappa shape index (κ1) is 16.3. The van der Waals surface area contributed by atoms with Crippen molar-refractivity contribution in [2.45, 2.75) is 25.4 Å². The van der Waals surface area contributed by atoms with E-state index < -0.39 is 0 Å². The molecule has 2 amide bonds. The van der Waals surface area contributed by atoms with Crippen LogP contribution in [0.1, 0.15) is 24.6 Å². The average molecular weight is 352 g/mol. The summed E-state index contributed by atoms with van der Waals surface area (Å²) in [6.45, 7) is 1.58. The number of hydrogen-bond donors (Lipinski definition) is 2. The Bertz CT molecular complexity index is 956. The molecule has 1 saturated heterocycles. The van der Waals surface area contributed by atoms with Gasteiger partial charge in [0, 0.05) is 25.3 Å². The van der Waals surface area contributed by atoms with E-state index in [9.17, 15) is 9.59 Å². The second kappa shape index (κ2) is 6.99. The van der Waals surface area contributed by atoms with Crippen LogP contribution in [0.4, 0.5) is 4.79 Å². The number of likely N-dealkylation sites (tertiary alicyclic amines) is 1. The Hall–Kier alpha value is -3.16.